The Bertz CT molecular complexity index is 969. The third-order valence-electron chi connectivity index (χ3n) is 3.42. The van der Waals surface area contributed by atoms with Crippen LogP contribution in [0.15, 0.2) is 47.8 Å². The molecule has 0 aliphatic heterocycles. The van der Waals surface area contributed by atoms with Gasteiger partial charge in [0.1, 0.15) is 4.88 Å². The van der Waals surface area contributed by atoms with E-state index in [1.807, 2.05) is 0 Å². The number of thiophene rings is 1. The maximum Gasteiger partial charge on any atom is 0.346 e. The number of hydrogen-bond donors (Lipinski definition) is 4. The van der Waals surface area contributed by atoms with Gasteiger partial charge >= 0.3 is 23.9 Å². The third kappa shape index (κ3) is 4.67. The fourth-order valence-electron chi connectivity index (χ4n) is 2.16. The second-order valence-electron chi connectivity index (χ2n) is 5.16. The molecule has 3 aromatic rings. The minimum absolute atomic E-state index is 0.127. The van der Waals surface area contributed by atoms with Crippen LogP contribution in [0.3, 0.4) is 0 Å². The first-order valence-electron chi connectivity index (χ1n) is 7.25. The molecule has 0 aliphatic rings. The van der Waals surface area contributed by atoms with E-state index >= 15 is 0 Å². The molecule has 0 unspecified atom stereocenters. The molecule has 0 bridgehead atoms. The summed E-state index contributed by atoms with van der Waals surface area (Å²) in [7, 11) is 0. The highest BCUT2D eigenvalue weighted by Gasteiger charge is 2.16. The average Bonchev–Trinajstić information content (AvgIpc) is 3.11. The Balaban J connectivity index is 0.000000208. The average molecular weight is 388 g/mol. The number of carboxylic acid groups (broad SMARTS) is 4. The van der Waals surface area contributed by atoms with Crippen LogP contribution in [0.25, 0.3) is 10.8 Å². The lowest BCUT2D eigenvalue weighted by molar-refractivity contribution is 0.0656. The van der Waals surface area contributed by atoms with E-state index in [1.165, 1.54) is 35.7 Å². The van der Waals surface area contributed by atoms with Gasteiger partial charge in [-0.05, 0) is 46.5 Å². The van der Waals surface area contributed by atoms with Gasteiger partial charge in [0, 0.05) is 0 Å². The van der Waals surface area contributed by atoms with Gasteiger partial charge in [-0.1, -0.05) is 12.1 Å². The zero-order chi connectivity index (χ0) is 20.1. The largest absolute Gasteiger partial charge is 0.478 e. The van der Waals surface area contributed by atoms with E-state index in [2.05, 4.69) is 0 Å². The van der Waals surface area contributed by atoms with E-state index in [-0.39, 0.29) is 21.6 Å². The molecular weight excluding hydrogens is 376 g/mol. The minimum atomic E-state index is -1.20. The van der Waals surface area contributed by atoms with Crippen LogP contribution in [0.2, 0.25) is 0 Å². The fourth-order valence-corrected chi connectivity index (χ4v) is 2.88. The Morgan fingerprint density at radius 2 is 1.11 bits per heavy atom. The second-order valence-corrected chi connectivity index (χ2v) is 6.08. The van der Waals surface area contributed by atoms with Crippen LogP contribution >= 0.6 is 11.3 Å². The lowest BCUT2D eigenvalue weighted by atomic mass is 10.0. The van der Waals surface area contributed by atoms with Crippen LogP contribution in [0.1, 0.15) is 40.7 Å². The molecular formula is C18H12O8S. The van der Waals surface area contributed by atoms with Crippen molar-refractivity contribution in [3.63, 3.8) is 0 Å². The Morgan fingerprint density at radius 3 is 1.44 bits per heavy atom. The Morgan fingerprint density at radius 1 is 0.630 bits per heavy atom. The van der Waals surface area contributed by atoms with E-state index in [1.54, 1.807) is 12.1 Å². The molecule has 0 atom stereocenters. The van der Waals surface area contributed by atoms with Crippen molar-refractivity contribution in [3.05, 3.63) is 69.4 Å². The van der Waals surface area contributed by atoms with Crippen molar-refractivity contribution < 1.29 is 39.6 Å². The first kappa shape index (κ1) is 19.6. The Hall–Kier alpha value is -3.72. The molecule has 138 valence electrons. The van der Waals surface area contributed by atoms with Crippen molar-refractivity contribution in [2.75, 3.05) is 0 Å². The summed E-state index contributed by atoms with van der Waals surface area (Å²) in [6.45, 7) is 0. The summed E-state index contributed by atoms with van der Waals surface area (Å²) in [4.78, 5) is 42.0. The standard InChI is InChI=1S/C12H8O4.C6H4O4S/c13-11(14)9-3-1-7-5-10(12(15)16)4-2-8(7)6-9;7-5(8)3-1-2-11-4(3)6(9)10/h1-6H,(H,13,14)(H,15,16);1-2H,(H,7,8)(H,9,10). The van der Waals surface area contributed by atoms with Crippen LogP contribution in [0.4, 0.5) is 0 Å². The molecule has 1 aromatic heterocycles. The molecule has 0 amide bonds. The topological polar surface area (TPSA) is 149 Å². The molecule has 1 heterocycles. The molecule has 0 radical (unpaired) electrons. The Kier molecular flexibility index (Phi) is 5.89. The van der Waals surface area contributed by atoms with Gasteiger partial charge in [-0.25, -0.2) is 19.2 Å². The summed E-state index contributed by atoms with van der Waals surface area (Å²) >= 11 is 0.906. The van der Waals surface area contributed by atoms with Gasteiger partial charge in [0.2, 0.25) is 0 Å². The lowest BCUT2D eigenvalue weighted by Crippen LogP contribution is -2.03. The molecule has 8 nitrogen and oxygen atoms in total. The van der Waals surface area contributed by atoms with Crippen LogP contribution in [0, 0.1) is 0 Å². The zero-order valence-corrected chi connectivity index (χ0v) is 14.3. The van der Waals surface area contributed by atoms with Gasteiger partial charge in [0.05, 0.1) is 16.7 Å². The fraction of sp³-hybridized carbons (Fsp3) is 0. The number of carboxylic acids is 4. The van der Waals surface area contributed by atoms with Crippen molar-refractivity contribution in [3.8, 4) is 0 Å². The van der Waals surface area contributed by atoms with Gasteiger partial charge in [-0.3, -0.25) is 0 Å². The molecule has 0 aliphatic carbocycles. The van der Waals surface area contributed by atoms with E-state index in [0.29, 0.717) is 10.8 Å². The summed E-state index contributed by atoms with van der Waals surface area (Å²) in [6, 6.07) is 10.4. The number of rotatable bonds is 4. The highest BCUT2D eigenvalue weighted by atomic mass is 32.1. The first-order valence-corrected chi connectivity index (χ1v) is 8.13. The van der Waals surface area contributed by atoms with E-state index < -0.39 is 23.9 Å². The second kappa shape index (κ2) is 8.11. The van der Waals surface area contributed by atoms with Crippen molar-refractivity contribution in [2.45, 2.75) is 0 Å². The van der Waals surface area contributed by atoms with E-state index in [9.17, 15) is 19.2 Å². The van der Waals surface area contributed by atoms with Crippen molar-refractivity contribution in [1.29, 1.82) is 0 Å². The van der Waals surface area contributed by atoms with Gasteiger partial charge in [0.15, 0.2) is 0 Å². The SMILES string of the molecule is O=C(O)c1ccc2cc(C(=O)O)ccc2c1.O=C(O)c1ccsc1C(=O)O. The van der Waals surface area contributed by atoms with Gasteiger partial charge in [-0.15, -0.1) is 11.3 Å². The van der Waals surface area contributed by atoms with Crippen molar-refractivity contribution in [2.24, 2.45) is 0 Å². The quantitative estimate of drug-likeness (QED) is 0.531. The van der Waals surface area contributed by atoms with Crippen LogP contribution in [-0.4, -0.2) is 44.3 Å². The molecule has 0 fully saturated rings. The highest BCUT2D eigenvalue weighted by Crippen LogP contribution is 2.18. The highest BCUT2D eigenvalue weighted by molar-refractivity contribution is 7.12. The summed E-state index contributed by atoms with van der Waals surface area (Å²) < 4.78 is 0. The summed E-state index contributed by atoms with van der Waals surface area (Å²) in [5.41, 5.74) is 0.230. The molecule has 2 aromatic carbocycles. The van der Waals surface area contributed by atoms with Crippen LogP contribution < -0.4 is 0 Å². The summed E-state index contributed by atoms with van der Waals surface area (Å²) in [5.74, 6) is -4.39. The molecule has 3 rings (SSSR count). The predicted octanol–water partition coefficient (Wildman–Crippen LogP) is 3.38. The van der Waals surface area contributed by atoms with E-state index in [4.69, 9.17) is 20.4 Å². The maximum atomic E-state index is 10.7. The summed E-state index contributed by atoms with van der Waals surface area (Å²) in [6.07, 6.45) is 0. The van der Waals surface area contributed by atoms with Gasteiger partial charge < -0.3 is 20.4 Å². The Labute approximate surface area is 155 Å². The predicted molar refractivity (Wildman–Crippen MR) is 96.1 cm³/mol. The number of carbonyl (C=O) groups is 4. The number of benzene rings is 2. The van der Waals surface area contributed by atoms with Gasteiger partial charge in [-0.2, -0.15) is 0 Å². The number of fused-ring (bicyclic) bond motifs is 1. The molecule has 0 saturated carbocycles. The van der Waals surface area contributed by atoms with Gasteiger partial charge in [0.25, 0.3) is 0 Å². The summed E-state index contributed by atoms with van der Waals surface area (Å²) in [5, 5.41) is 37.3. The minimum Gasteiger partial charge on any atom is -0.478 e. The normalized spacial score (nSPS) is 9.93. The maximum absolute atomic E-state index is 10.7. The smallest absolute Gasteiger partial charge is 0.346 e. The molecule has 4 N–H and O–H groups in total. The molecule has 9 heteroatoms. The third-order valence-corrected chi connectivity index (χ3v) is 4.33. The number of aromatic carboxylic acids is 4. The monoisotopic (exact) mass is 388 g/mol. The molecule has 0 saturated heterocycles. The number of hydrogen-bond acceptors (Lipinski definition) is 5. The van der Waals surface area contributed by atoms with E-state index in [0.717, 1.165) is 11.3 Å². The van der Waals surface area contributed by atoms with Crippen LogP contribution in [0.5, 0.6) is 0 Å². The first-order chi connectivity index (χ1) is 12.7. The molecule has 27 heavy (non-hydrogen) atoms. The van der Waals surface area contributed by atoms with Crippen molar-refractivity contribution >= 4 is 46.0 Å². The van der Waals surface area contributed by atoms with Crippen LogP contribution in [-0.2, 0) is 0 Å². The lowest BCUT2D eigenvalue weighted by Gasteiger charge is -2.01. The molecule has 0 spiro atoms. The van der Waals surface area contributed by atoms with Crippen molar-refractivity contribution in [1.82, 2.24) is 0 Å². The zero-order valence-electron chi connectivity index (χ0n) is 13.4.